The molecule has 1 heterocycles. The maximum Gasteiger partial charge on any atom is 0.340 e. The first-order valence-electron chi connectivity index (χ1n) is 8.29. The number of amides is 2. The summed E-state index contributed by atoms with van der Waals surface area (Å²) >= 11 is 0. The van der Waals surface area contributed by atoms with Crippen molar-refractivity contribution >= 4 is 23.5 Å². The number of para-hydroxylation sites is 1. The SMILES string of the molecule is CC(C)[C@@H](C)NC(=O)COC(=O)c1ccccc1NC(=O)c1ccco1. The molecule has 0 aliphatic carbocycles. The number of benzene rings is 1. The van der Waals surface area contributed by atoms with Crippen molar-refractivity contribution in [2.24, 2.45) is 5.92 Å². The summed E-state index contributed by atoms with van der Waals surface area (Å²) in [5, 5.41) is 5.35. The molecule has 0 spiro atoms. The zero-order valence-electron chi connectivity index (χ0n) is 14.9. The predicted molar refractivity (Wildman–Crippen MR) is 95.8 cm³/mol. The number of carbonyl (C=O) groups excluding carboxylic acids is 3. The molecule has 26 heavy (non-hydrogen) atoms. The molecule has 0 saturated carbocycles. The topological polar surface area (TPSA) is 97.6 Å². The Morgan fingerprint density at radius 1 is 1.08 bits per heavy atom. The van der Waals surface area contributed by atoms with Crippen molar-refractivity contribution in [1.29, 1.82) is 0 Å². The predicted octanol–water partition coefficient (Wildman–Crippen LogP) is 2.85. The molecule has 2 N–H and O–H groups in total. The third-order valence-electron chi connectivity index (χ3n) is 3.86. The Hall–Kier alpha value is -3.09. The van der Waals surface area contributed by atoms with Crippen LogP contribution in [0.5, 0.6) is 0 Å². The van der Waals surface area contributed by atoms with Crippen LogP contribution in [0.15, 0.2) is 47.1 Å². The number of rotatable bonds is 7. The molecule has 0 unspecified atom stereocenters. The molecule has 7 heteroatoms. The summed E-state index contributed by atoms with van der Waals surface area (Å²) in [5.41, 5.74) is 0.423. The van der Waals surface area contributed by atoms with Crippen LogP contribution in [0, 0.1) is 5.92 Å². The summed E-state index contributed by atoms with van der Waals surface area (Å²) < 4.78 is 10.1. The van der Waals surface area contributed by atoms with Crippen molar-refractivity contribution in [3.63, 3.8) is 0 Å². The Kier molecular flexibility index (Phi) is 6.54. The lowest BCUT2D eigenvalue weighted by atomic mass is 10.1. The van der Waals surface area contributed by atoms with Gasteiger partial charge in [-0.15, -0.1) is 0 Å². The molecule has 7 nitrogen and oxygen atoms in total. The minimum absolute atomic E-state index is 0.0268. The van der Waals surface area contributed by atoms with Gasteiger partial charge in [-0.3, -0.25) is 9.59 Å². The molecule has 0 bridgehead atoms. The molecule has 2 amide bonds. The number of esters is 1. The molecular formula is C19H22N2O5. The number of carbonyl (C=O) groups is 3. The number of nitrogens with one attached hydrogen (secondary N) is 2. The number of hydrogen-bond acceptors (Lipinski definition) is 5. The van der Waals surface area contributed by atoms with Gasteiger partial charge in [0.25, 0.3) is 11.8 Å². The number of hydrogen-bond donors (Lipinski definition) is 2. The van der Waals surface area contributed by atoms with E-state index < -0.39 is 18.5 Å². The van der Waals surface area contributed by atoms with Gasteiger partial charge in [0.15, 0.2) is 12.4 Å². The Morgan fingerprint density at radius 3 is 2.46 bits per heavy atom. The van der Waals surface area contributed by atoms with E-state index in [4.69, 9.17) is 9.15 Å². The van der Waals surface area contributed by atoms with E-state index in [0.717, 1.165) is 0 Å². The molecule has 0 aliphatic rings. The van der Waals surface area contributed by atoms with E-state index in [2.05, 4.69) is 10.6 Å². The van der Waals surface area contributed by atoms with Crippen LogP contribution in [0.3, 0.4) is 0 Å². The summed E-state index contributed by atoms with van der Waals surface area (Å²) in [7, 11) is 0. The smallest absolute Gasteiger partial charge is 0.340 e. The number of anilines is 1. The highest BCUT2D eigenvalue weighted by Crippen LogP contribution is 2.17. The normalized spacial score (nSPS) is 11.7. The molecule has 2 rings (SSSR count). The summed E-state index contributed by atoms with van der Waals surface area (Å²) in [5.74, 6) is -1.18. The van der Waals surface area contributed by atoms with E-state index in [1.807, 2.05) is 20.8 Å². The highest BCUT2D eigenvalue weighted by molar-refractivity contribution is 6.06. The zero-order chi connectivity index (χ0) is 19.1. The standard InChI is InChI=1S/C19H22N2O5/c1-12(2)13(3)20-17(22)11-26-19(24)14-7-4-5-8-15(14)21-18(23)16-9-6-10-25-16/h4-10,12-13H,11H2,1-3H3,(H,20,22)(H,21,23)/t13-/m1/s1. The molecule has 0 fully saturated rings. The van der Waals surface area contributed by atoms with Crippen LogP contribution in [0.25, 0.3) is 0 Å². The van der Waals surface area contributed by atoms with Crippen LogP contribution in [-0.4, -0.2) is 30.4 Å². The molecule has 138 valence electrons. The third kappa shape index (κ3) is 5.20. The van der Waals surface area contributed by atoms with Gasteiger partial charge < -0.3 is 19.8 Å². The largest absolute Gasteiger partial charge is 0.459 e. The average molecular weight is 358 g/mol. The monoisotopic (exact) mass is 358 g/mol. The Morgan fingerprint density at radius 2 is 1.81 bits per heavy atom. The quantitative estimate of drug-likeness (QED) is 0.742. The number of furan rings is 1. The van der Waals surface area contributed by atoms with E-state index in [0.29, 0.717) is 0 Å². The minimum Gasteiger partial charge on any atom is -0.459 e. The molecule has 1 aromatic carbocycles. The van der Waals surface area contributed by atoms with Crippen LogP contribution < -0.4 is 10.6 Å². The Balaban J connectivity index is 1.99. The lowest BCUT2D eigenvalue weighted by Gasteiger charge is -2.17. The van der Waals surface area contributed by atoms with Crippen molar-refractivity contribution in [3.05, 3.63) is 54.0 Å². The second-order valence-electron chi connectivity index (χ2n) is 6.15. The second kappa shape index (κ2) is 8.84. The lowest BCUT2D eigenvalue weighted by Crippen LogP contribution is -2.38. The van der Waals surface area contributed by atoms with Gasteiger partial charge in [0.1, 0.15) is 0 Å². The van der Waals surface area contributed by atoms with Crippen LogP contribution >= 0.6 is 0 Å². The minimum atomic E-state index is -0.701. The first-order chi connectivity index (χ1) is 12.4. The van der Waals surface area contributed by atoms with Crippen LogP contribution in [0.1, 0.15) is 41.7 Å². The van der Waals surface area contributed by atoms with Crippen LogP contribution in [-0.2, 0) is 9.53 Å². The first kappa shape index (κ1) is 19.2. The summed E-state index contributed by atoms with van der Waals surface area (Å²) in [6.07, 6.45) is 1.38. The first-order valence-corrected chi connectivity index (χ1v) is 8.29. The number of ether oxygens (including phenoxy) is 1. The van der Waals surface area contributed by atoms with Gasteiger partial charge in [-0.2, -0.15) is 0 Å². The zero-order valence-corrected chi connectivity index (χ0v) is 14.9. The van der Waals surface area contributed by atoms with Gasteiger partial charge in [-0.1, -0.05) is 26.0 Å². The van der Waals surface area contributed by atoms with Gasteiger partial charge in [0, 0.05) is 6.04 Å². The Bertz CT molecular complexity index is 768. The maximum absolute atomic E-state index is 12.3. The molecule has 1 atom stereocenters. The van der Waals surface area contributed by atoms with E-state index in [9.17, 15) is 14.4 Å². The average Bonchev–Trinajstić information content (AvgIpc) is 3.14. The van der Waals surface area contributed by atoms with Crippen molar-refractivity contribution < 1.29 is 23.5 Å². The van der Waals surface area contributed by atoms with E-state index in [-0.39, 0.29) is 34.9 Å². The maximum atomic E-state index is 12.3. The van der Waals surface area contributed by atoms with Crippen molar-refractivity contribution in [2.75, 3.05) is 11.9 Å². The van der Waals surface area contributed by atoms with Gasteiger partial charge in [-0.05, 0) is 37.1 Å². The molecule has 1 aromatic heterocycles. The van der Waals surface area contributed by atoms with Crippen molar-refractivity contribution in [1.82, 2.24) is 5.32 Å². The lowest BCUT2D eigenvalue weighted by molar-refractivity contribution is -0.125. The molecule has 0 saturated heterocycles. The van der Waals surface area contributed by atoms with Gasteiger partial charge in [0.2, 0.25) is 0 Å². The molecular weight excluding hydrogens is 336 g/mol. The van der Waals surface area contributed by atoms with E-state index >= 15 is 0 Å². The van der Waals surface area contributed by atoms with Gasteiger partial charge in [-0.25, -0.2) is 4.79 Å². The fraction of sp³-hybridized carbons (Fsp3) is 0.316. The molecule has 0 aliphatic heterocycles. The summed E-state index contributed by atoms with van der Waals surface area (Å²) in [4.78, 5) is 36.2. The highest BCUT2D eigenvalue weighted by atomic mass is 16.5. The second-order valence-corrected chi connectivity index (χ2v) is 6.15. The summed E-state index contributed by atoms with van der Waals surface area (Å²) in [6.45, 7) is 5.45. The van der Waals surface area contributed by atoms with Gasteiger partial charge in [0.05, 0.1) is 17.5 Å². The van der Waals surface area contributed by atoms with E-state index in [1.165, 1.54) is 18.4 Å². The van der Waals surface area contributed by atoms with Crippen molar-refractivity contribution in [3.8, 4) is 0 Å². The van der Waals surface area contributed by atoms with Crippen LogP contribution in [0.2, 0.25) is 0 Å². The fourth-order valence-electron chi connectivity index (χ4n) is 2.03. The van der Waals surface area contributed by atoms with Crippen LogP contribution in [0.4, 0.5) is 5.69 Å². The third-order valence-corrected chi connectivity index (χ3v) is 3.86. The molecule has 2 aromatic rings. The van der Waals surface area contributed by atoms with E-state index in [1.54, 1.807) is 24.3 Å². The Labute approximate surface area is 151 Å². The fourth-order valence-corrected chi connectivity index (χ4v) is 2.03. The van der Waals surface area contributed by atoms with Crippen molar-refractivity contribution in [2.45, 2.75) is 26.8 Å². The van der Waals surface area contributed by atoms with Gasteiger partial charge >= 0.3 is 5.97 Å². The summed E-state index contributed by atoms with van der Waals surface area (Å²) in [6, 6.07) is 9.46. The molecule has 0 radical (unpaired) electrons. The highest BCUT2D eigenvalue weighted by Gasteiger charge is 2.18.